The molecule has 1 aliphatic heterocycles. The van der Waals surface area contributed by atoms with Crippen molar-refractivity contribution in [2.75, 3.05) is 26.2 Å². The molecular formula is C21H26N4OS. The second-order valence-corrected chi connectivity index (χ2v) is 7.91. The quantitative estimate of drug-likeness (QED) is 0.682. The van der Waals surface area contributed by atoms with Crippen LogP contribution in [0.2, 0.25) is 0 Å². The number of nitrogens with zero attached hydrogens (tertiary/aromatic N) is 4. The van der Waals surface area contributed by atoms with E-state index in [9.17, 15) is 5.11 Å². The molecule has 1 unspecified atom stereocenters. The fraction of sp³-hybridized carbons (Fsp3) is 0.381. The minimum absolute atomic E-state index is 0.241. The van der Waals surface area contributed by atoms with Gasteiger partial charge in [0.25, 0.3) is 0 Å². The number of hydrogen-bond donors (Lipinski definition) is 1. The molecule has 142 valence electrons. The minimum atomic E-state index is 0.241. The first-order chi connectivity index (χ1) is 13.3. The predicted molar refractivity (Wildman–Crippen MR) is 109 cm³/mol. The van der Waals surface area contributed by atoms with E-state index >= 15 is 0 Å². The van der Waals surface area contributed by atoms with Crippen molar-refractivity contribution in [1.29, 1.82) is 0 Å². The molecule has 0 aliphatic carbocycles. The monoisotopic (exact) mass is 382 g/mol. The summed E-state index contributed by atoms with van der Waals surface area (Å²) >= 11 is 1.75. The van der Waals surface area contributed by atoms with Gasteiger partial charge in [0, 0.05) is 57.1 Å². The van der Waals surface area contributed by atoms with Crippen LogP contribution >= 0.6 is 11.3 Å². The molecule has 0 saturated carbocycles. The molecule has 2 aromatic heterocycles. The molecule has 6 heteroatoms. The van der Waals surface area contributed by atoms with Crippen LogP contribution in [0.5, 0.6) is 0 Å². The van der Waals surface area contributed by atoms with E-state index < -0.39 is 0 Å². The van der Waals surface area contributed by atoms with Crippen molar-refractivity contribution in [2.24, 2.45) is 0 Å². The van der Waals surface area contributed by atoms with Gasteiger partial charge < -0.3 is 5.11 Å². The molecule has 0 spiro atoms. The van der Waals surface area contributed by atoms with Gasteiger partial charge in [-0.1, -0.05) is 18.2 Å². The lowest BCUT2D eigenvalue weighted by Gasteiger charge is -2.41. The minimum Gasteiger partial charge on any atom is -0.396 e. The fourth-order valence-corrected chi connectivity index (χ4v) is 4.43. The Balaban J connectivity index is 1.38. The van der Waals surface area contributed by atoms with Gasteiger partial charge in [-0.15, -0.1) is 0 Å². The third-order valence-electron chi connectivity index (χ3n) is 5.18. The number of aliphatic hydroxyl groups is 1. The standard InChI is InChI=1S/C21H26N4OS/c26-10-6-21-16-23(8-9-24(21)14-18-7-11-27-17-18)13-19-12-22-25(15-19)20-4-2-1-3-5-20/h1-5,7,11-12,15,17,21,26H,6,8-10,13-14,16H2. The van der Waals surface area contributed by atoms with Gasteiger partial charge in [-0.3, -0.25) is 9.80 Å². The molecular weight excluding hydrogens is 356 g/mol. The molecule has 27 heavy (non-hydrogen) atoms. The van der Waals surface area contributed by atoms with Crippen LogP contribution in [0.25, 0.3) is 5.69 Å². The lowest BCUT2D eigenvalue weighted by Crippen LogP contribution is -2.52. The smallest absolute Gasteiger partial charge is 0.0645 e. The summed E-state index contributed by atoms with van der Waals surface area (Å²) in [5.41, 5.74) is 3.69. The van der Waals surface area contributed by atoms with Crippen molar-refractivity contribution in [3.63, 3.8) is 0 Å². The molecule has 0 amide bonds. The van der Waals surface area contributed by atoms with Crippen molar-refractivity contribution >= 4 is 11.3 Å². The number of aromatic nitrogens is 2. The summed E-state index contributed by atoms with van der Waals surface area (Å²) in [6.07, 6.45) is 4.91. The summed E-state index contributed by atoms with van der Waals surface area (Å²) in [4.78, 5) is 5.00. The number of rotatable bonds is 7. The van der Waals surface area contributed by atoms with Gasteiger partial charge in [0.1, 0.15) is 0 Å². The van der Waals surface area contributed by atoms with Crippen molar-refractivity contribution in [3.8, 4) is 5.69 Å². The fourth-order valence-electron chi connectivity index (χ4n) is 3.77. The molecule has 1 N–H and O–H groups in total. The number of piperazine rings is 1. The Hall–Kier alpha value is -1.99. The van der Waals surface area contributed by atoms with E-state index in [1.807, 2.05) is 29.1 Å². The predicted octanol–water partition coefficient (Wildman–Crippen LogP) is 3.00. The lowest BCUT2D eigenvalue weighted by atomic mass is 10.1. The maximum absolute atomic E-state index is 9.51. The van der Waals surface area contributed by atoms with Gasteiger partial charge in [-0.2, -0.15) is 16.4 Å². The van der Waals surface area contributed by atoms with Gasteiger partial charge in [-0.25, -0.2) is 4.68 Å². The molecule has 5 nitrogen and oxygen atoms in total. The summed E-state index contributed by atoms with van der Waals surface area (Å²) in [5.74, 6) is 0. The molecule has 1 aromatic carbocycles. The van der Waals surface area contributed by atoms with Crippen LogP contribution in [0.1, 0.15) is 17.5 Å². The zero-order valence-electron chi connectivity index (χ0n) is 15.4. The summed E-state index contributed by atoms with van der Waals surface area (Å²) in [7, 11) is 0. The van der Waals surface area contributed by atoms with Gasteiger partial charge in [0.2, 0.25) is 0 Å². The van der Waals surface area contributed by atoms with Crippen molar-refractivity contribution in [3.05, 3.63) is 70.7 Å². The van der Waals surface area contributed by atoms with Crippen LogP contribution in [0.3, 0.4) is 0 Å². The SMILES string of the molecule is OCCC1CN(Cc2cnn(-c3ccccc3)c2)CCN1Cc1ccsc1. The van der Waals surface area contributed by atoms with E-state index in [4.69, 9.17) is 0 Å². The Morgan fingerprint density at radius 2 is 1.96 bits per heavy atom. The highest BCUT2D eigenvalue weighted by molar-refractivity contribution is 7.07. The third-order valence-corrected chi connectivity index (χ3v) is 5.91. The van der Waals surface area contributed by atoms with Crippen LogP contribution in [0.15, 0.2) is 59.6 Å². The van der Waals surface area contributed by atoms with E-state index in [2.05, 4.69) is 50.1 Å². The lowest BCUT2D eigenvalue weighted by molar-refractivity contribution is 0.0500. The second-order valence-electron chi connectivity index (χ2n) is 7.13. The molecule has 1 saturated heterocycles. The molecule has 3 aromatic rings. The molecule has 1 fully saturated rings. The third kappa shape index (κ3) is 4.65. The first-order valence-corrected chi connectivity index (χ1v) is 10.4. The van der Waals surface area contributed by atoms with Crippen LogP contribution < -0.4 is 0 Å². The van der Waals surface area contributed by atoms with E-state index in [0.29, 0.717) is 6.04 Å². The maximum Gasteiger partial charge on any atom is 0.0645 e. The average Bonchev–Trinajstić information content (AvgIpc) is 3.37. The van der Waals surface area contributed by atoms with Gasteiger partial charge in [-0.05, 0) is 40.9 Å². The van der Waals surface area contributed by atoms with Crippen molar-refractivity contribution < 1.29 is 5.11 Å². The summed E-state index contributed by atoms with van der Waals surface area (Å²) in [6, 6.07) is 12.8. The zero-order chi connectivity index (χ0) is 18.5. The van der Waals surface area contributed by atoms with E-state index in [0.717, 1.165) is 44.8 Å². The Morgan fingerprint density at radius 1 is 1.07 bits per heavy atom. The maximum atomic E-state index is 9.51. The Kier molecular flexibility index (Phi) is 5.99. The van der Waals surface area contributed by atoms with Gasteiger partial charge in [0.05, 0.1) is 11.9 Å². The Labute approximate surface area is 164 Å². The molecule has 3 heterocycles. The number of thiophene rings is 1. The summed E-state index contributed by atoms with van der Waals surface area (Å²) < 4.78 is 1.94. The molecule has 0 bridgehead atoms. The second kappa shape index (κ2) is 8.80. The van der Waals surface area contributed by atoms with Gasteiger partial charge in [0.15, 0.2) is 0 Å². The molecule has 1 atom stereocenters. The van der Waals surface area contributed by atoms with Crippen LogP contribution in [-0.2, 0) is 13.1 Å². The van der Waals surface area contributed by atoms with E-state index in [1.165, 1.54) is 11.1 Å². The highest BCUT2D eigenvalue weighted by Gasteiger charge is 2.26. The first kappa shape index (κ1) is 18.4. The summed E-state index contributed by atoms with van der Waals surface area (Å²) in [6.45, 7) is 5.19. The summed E-state index contributed by atoms with van der Waals surface area (Å²) in [5, 5.41) is 18.4. The van der Waals surface area contributed by atoms with E-state index in [1.54, 1.807) is 11.3 Å². The zero-order valence-corrected chi connectivity index (χ0v) is 16.3. The van der Waals surface area contributed by atoms with Crippen LogP contribution in [-0.4, -0.2) is 57.0 Å². The highest BCUT2D eigenvalue weighted by atomic mass is 32.1. The number of hydrogen-bond acceptors (Lipinski definition) is 5. The topological polar surface area (TPSA) is 44.5 Å². The number of aliphatic hydroxyl groups excluding tert-OH is 1. The van der Waals surface area contributed by atoms with Crippen LogP contribution in [0, 0.1) is 0 Å². The average molecular weight is 383 g/mol. The normalized spacial score (nSPS) is 18.8. The largest absolute Gasteiger partial charge is 0.396 e. The number of benzene rings is 1. The Morgan fingerprint density at radius 3 is 2.74 bits per heavy atom. The number of para-hydroxylation sites is 1. The van der Waals surface area contributed by atoms with Gasteiger partial charge >= 0.3 is 0 Å². The first-order valence-electron chi connectivity index (χ1n) is 9.49. The Bertz CT molecular complexity index is 818. The van der Waals surface area contributed by atoms with Crippen LogP contribution in [0.4, 0.5) is 0 Å². The van der Waals surface area contributed by atoms with Crippen molar-refractivity contribution in [2.45, 2.75) is 25.6 Å². The molecule has 4 rings (SSSR count). The van der Waals surface area contributed by atoms with E-state index in [-0.39, 0.29) is 6.61 Å². The molecule has 0 radical (unpaired) electrons. The van der Waals surface area contributed by atoms with Crippen molar-refractivity contribution in [1.82, 2.24) is 19.6 Å². The molecule has 1 aliphatic rings. The highest BCUT2D eigenvalue weighted by Crippen LogP contribution is 2.19.